The fraction of sp³-hybridized carbons (Fsp3) is 0.0938. The van der Waals surface area contributed by atoms with Crippen molar-refractivity contribution in [2.75, 3.05) is 12.4 Å². The summed E-state index contributed by atoms with van der Waals surface area (Å²) in [4.78, 5) is 12.8. The molecular weight excluding hydrogens is 490 g/mol. The molecule has 0 saturated carbocycles. The highest BCUT2D eigenvalue weighted by Gasteiger charge is 2.12. The maximum Gasteiger partial charge on any atom is 0.266 e. The highest BCUT2D eigenvalue weighted by Crippen LogP contribution is 2.30. The van der Waals surface area contributed by atoms with Gasteiger partial charge in [-0.2, -0.15) is 10.5 Å². The van der Waals surface area contributed by atoms with Gasteiger partial charge in [0.2, 0.25) is 0 Å². The number of nitriles is 2. The van der Waals surface area contributed by atoms with E-state index >= 15 is 0 Å². The van der Waals surface area contributed by atoms with E-state index in [0.717, 1.165) is 11.1 Å². The number of carbonyl (C=O) groups excluding carboxylic acids is 1. The van der Waals surface area contributed by atoms with E-state index in [1.165, 1.54) is 13.2 Å². The Kier molecular flexibility index (Phi) is 8.94. The lowest BCUT2D eigenvalue weighted by atomic mass is 10.1. The van der Waals surface area contributed by atoms with Crippen LogP contribution >= 0.6 is 0 Å². The largest absolute Gasteiger partial charge is 0.493 e. The van der Waals surface area contributed by atoms with Crippen LogP contribution in [-0.4, -0.2) is 13.0 Å². The van der Waals surface area contributed by atoms with E-state index in [-0.39, 0.29) is 12.2 Å². The van der Waals surface area contributed by atoms with E-state index in [1.54, 1.807) is 54.6 Å². The van der Waals surface area contributed by atoms with Crippen molar-refractivity contribution < 1.29 is 19.0 Å². The number of hydrogen-bond acceptors (Lipinski definition) is 6. The predicted molar refractivity (Wildman–Crippen MR) is 148 cm³/mol. The smallest absolute Gasteiger partial charge is 0.266 e. The van der Waals surface area contributed by atoms with E-state index in [4.69, 9.17) is 14.2 Å². The van der Waals surface area contributed by atoms with Gasteiger partial charge in [-0.25, -0.2) is 0 Å². The second-order valence-electron chi connectivity index (χ2n) is 8.39. The van der Waals surface area contributed by atoms with E-state index in [1.807, 2.05) is 48.5 Å². The van der Waals surface area contributed by atoms with E-state index in [2.05, 4.69) is 11.4 Å². The van der Waals surface area contributed by atoms with Crippen LogP contribution in [0.15, 0.2) is 103 Å². The average molecular weight is 516 g/mol. The van der Waals surface area contributed by atoms with Crippen LogP contribution in [0.5, 0.6) is 17.2 Å². The van der Waals surface area contributed by atoms with Crippen molar-refractivity contribution in [2.24, 2.45) is 0 Å². The molecule has 1 amide bonds. The monoisotopic (exact) mass is 515 g/mol. The van der Waals surface area contributed by atoms with Crippen molar-refractivity contribution in [1.29, 1.82) is 10.5 Å². The van der Waals surface area contributed by atoms with Gasteiger partial charge in [0.15, 0.2) is 11.5 Å². The Morgan fingerprint density at radius 3 is 2.31 bits per heavy atom. The minimum atomic E-state index is -0.539. The molecule has 0 aliphatic carbocycles. The van der Waals surface area contributed by atoms with Crippen LogP contribution < -0.4 is 19.5 Å². The summed E-state index contributed by atoms with van der Waals surface area (Å²) in [6.45, 7) is 0.630. The number of benzene rings is 4. The Balaban J connectivity index is 1.40. The third-order valence-electron chi connectivity index (χ3n) is 5.75. The molecule has 0 aromatic heterocycles. The number of anilines is 1. The van der Waals surface area contributed by atoms with Gasteiger partial charge in [-0.3, -0.25) is 4.79 Å². The fourth-order valence-corrected chi connectivity index (χ4v) is 3.69. The molecule has 0 fully saturated rings. The Morgan fingerprint density at radius 1 is 0.846 bits per heavy atom. The number of nitrogens with zero attached hydrogens (tertiary/aromatic N) is 2. The molecule has 0 heterocycles. The molecular formula is C32H25N3O4. The zero-order valence-electron chi connectivity index (χ0n) is 21.3. The second kappa shape index (κ2) is 13.1. The lowest BCUT2D eigenvalue weighted by Gasteiger charge is -2.12. The summed E-state index contributed by atoms with van der Waals surface area (Å²) in [6.07, 6.45) is 1.48. The Hall–Kier alpha value is -5.53. The molecule has 7 nitrogen and oxygen atoms in total. The third-order valence-corrected chi connectivity index (χ3v) is 5.75. The number of methoxy groups -OCH3 is 1. The highest BCUT2D eigenvalue weighted by molar-refractivity contribution is 6.09. The number of rotatable bonds is 10. The van der Waals surface area contributed by atoms with Crippen LogP contribution in [0.4, 0.5) is 5.69 Å². The first kappa shape index (κ1) is 26.5. The van der Waals surface area contributed by atoms with E-state index in [0.29, 0.717) is 40.7 Å². The van der Waals surface area contributed by atoms with Gasteiger partial charge in [0.05, 0.1) is 18.7 Å². The molecule has 0 atom stereocenters. The molecule has 7 heteroatoms. The van der Waals surface area contributed by atoms with Gasteiger partial charge < -0.3 is 19.5 Å². The van der Waals surface area contributed by atoms with Crippen LogP contribution in [-0.2, 0) is 18.0 Å². The third kappa shape index (κ3) is 7.25. The standard InChI is InChI=1S/C32H25N3O4/c1-37-31-18-24(11-16-30(31)39-22-26-10-6-5-9-25(26)19-33)17-27(20-34)32(36)35-28-12-14-29(15-13-28)38-21-23-7-3-2-4-8-23/h2-18H,21-22H2,1H3,(H,35,36)/b27-17+. The molecule has 0 aliphatic rings. The number of ether oxygens (including phenoxy) is 3. The van der Waals surface area contributed by atoms with Crippen LogP contribution in [0.25, 0.3) is 6.08 Å². The summed E-state index contributed by atoms with van der Waals surface area (Å²) in [6, 6.07) is 33.1. The number of carbonyl (C=O) groups is 1. The molecule has 4 aromatic carbocycles. The molecule has 4 aromatic rings. The number of nitrogens with one attached hydrogen (secondary N) is 1. The topological polar surface area (TPSA) is 104 Å². The molecule has 0 unspecified atom stereocenters. The molecule has 0 spiro atoms. The first-order valence-corrected chi connectivity index (χ1v) is 12.1. The second-order valence-corrected chi connectivity index (χ2v) is 8.39. The van der Waals surface area contributed by atoms with Gasteiger partial charge in [-0.05, 0) is 59.7 Å². The van der Waals surface area contributed by atoms with E-state index < -0.39 is 5.91 Å². The first-order chi connectivity index (χ1) is 19.1. The van der Waals surface area contributed by atoms with Gasteiger partial charge in [-0.1, -0.05) is 54.6 Å². The number of hydrogen-bond donors (Lipinski definition) is 1. The van der Waals surface area contributed by atoms with Crippen molar-refractivity contribution in [2.45, 2.75) is 13.2 Å². The van der Waals surface area contributed by atoms with E-state index in [9.17, 15) is 15.3 Å². The normalized spacial score (nSPS) is 10.6. The summed E-state index contributed by atoms with van der Waals surface area (Å²) in [5.41, 5.74) is 3.40. The summed E-state index contributed by atoms with van der Waals surface area (Å²) < 4.78 is 17.1. The molecule has 0 bridgehead atoms. The summed E-state index contributed by atoms with van der Waals surface area (Å²) in [5.74, 6) is 1.03. The van der Waals surface area contributed by atoms with Crippen LogP contribution in [0.3, 0.4) is 0 Å². The van der Waals surface area contributed by atoms with Gasteiger partial charge in [0, 0.05) is 11.3 Å². The van der Waals surface area contributed by atoms with Crippen molar-refractivity contribution >= 4 is 17.7 Å². The average Bonchev–Trinajstić information content (AvgIpc) is 2.99. The lowest BCUT2D eigenvalue weighted by molar-refractivity contribution is -0.112. The number of amides is 1. The maximum absolute atomic E-state index is 12.8. The van der Waals surface area contributed by atoms with Crippen LogP contribution in [0, 0.1) is 22.7 Å². The maximum atomic E-state index is 12.8. The molecule has 0 radical (unpaired) electrons. The highest BCUT2D eigenvalue weighted by atomic mass is 16.5. The molecule has 0 saturated heterocycles. The van der Waals surface area contributed by atoms with Crippen LogP contribution in [0.1, 0.15) is 22.3 Å². The predicted octanol–water partition coefficient (Wildman–Crippen LogP) is 6.27. The van der Waals surface area contributed by atoms with Crippen molar-refractivity contribution in [3.05, 3.63) is 125 Å². The SMILES string of the molecule is COc1cc(/C=C(\C#N)C(=O)Nc2ccc(OCc3ccccc3)cc2)ccc1OCc1ccccc1C#N. The summed E-state index contributed by atoms with van der Waals surface area (Å²) in [5, 5.41) is 21.6. The van der Waals surface area contributed by atoms with Crippen LogP contribution in [0.2, 0.25) is 0 Å². The van der Waals surface area contributed by atoms with Gasteiger partial charge in [0.25, 0.3) is 5.91 Å². The molecule has 4 rings (SSSR count). The first-order valence-electron chi connectivity index (χ1n) is 12.1. The zero-order valence-corrected chi connectivity index (χ0v) is 21.3. The Morgan fingerprint density at radius 2 is 1.59 bits per heavy atom. The van der Waals surface area contributed by atoms with Crippen molar-refractivity contribution in [1.82, 2.24) is 0 Å². The summed E-state index contributed by atoms with van der Waals surface area (Å²) in [7, 11) is 1.50. The molecule has 192 valence electrons. The Bertz CT molecular complexity index is 1550. The van der Waals surface area contributed by atoms with Gasteiger partial charge in [0.1, 0.15) is 30.6 Å². The Labute approximate surface area is 227 Å². The van der Waals surface area contributed by atoms with Crippen molar-refractivity contribution in [3.63, 3.8) is 0 Å². The molecule has 1 N–H and O–H groups in total. The van der Waals surface area contributed by atoms with Crippen molar-refractivity contribution in [3.8, 4) is 29.4 Å². The minimum Gasteiger partial charge on any atom is -0.493 e. The zero-order chi connectivity index (χ0) is 27.5. The molecule has 0 aliphatic heterocycles. The molecule has 39 heavy (non-hydrogen) atoms. The fourth-order valence-electron chi connectivity index (χ4n) is 3.69. The van der Waals surface area contributed by atoms with Gasteiger partial charge >= 0.3 is 0 Å². The quantitative estimate of drug-likeness (QED) is 0.197. The van der Waals surface area contributed by atoms with Gasteiger partial charge in [-0.15, -0.1) is 0 Å². The lowest BCUT2D eigenvalue weighted by Crippen LogP contribution is -2.13. The minimum absolute atomic E-state index is 0.0712. The summed E-state index contributed by atoms with van der Waals surface area (Å²) >= 11 is 0.